The van der Waals surface area contributed by atoms with Crippen LogP contribution in [0.15, 0.2) is 73.1 Å². The molecule has 0 saturated carbocycles. The Bertz CT molecular complexity index is 903. The van der Waals surface area contributed by atoms with E-state index >= 15 is 0 Å². The summed E-state index contributed by atoms with van der Waals surface area (Å²) in [7, 11) is 0. The zero-order valence-corrected chi connectivity index (χ0v) is 15.0. The second-order valence-electron chi connectivity index (χ2n) is 5.86. The lowest BCUT2D eigenvalue weighted by Crippen LogP contribution is -2.28. The first-order valence-corrected chi connectivity index (χ1v) is 8.70. The molecule has 0 unspecified atom stereocenters. The van der Waals surface area contributed by atoms with Crippen LogP contribution in [0.3, 0.4) is 0 Å². The molecule has 6 nitrogen and oxygen atoms in total. The largest absolute Gasteiger partial charge is 0.484 e. The van der Waals surface area contributed by atoms with Crippen molar-refractivity contribution in [3.05, 3.63) is 78.6 Å². The van der Waals surface area contributed by atoms with Crippen molar-refractivity contribution in [2.75, 3.05) is 18.5 Å². The number of carbonyl (C=O) groups excluding carboxylic acids is 2. The van der Waals surface area contributed by atoms with Gasteiger partial charge in [-0.1, -0.05) is 6.07 Å². The predicted octanol–water partition coefficient (Wildman–Crippen LogP) is 3.24. The van der Waals surface area contributed by atoms with E-state index in [4.69, 9.17) is 4.74 Å². The average molecular weight is 363 g/mol. The van der Waals surface area contributed by atoms with Crippen molar-refractivity contribution in [3.63, 3.8) is 0 Å². The molecule has 0 saturated heterocycles. The molecule has 2 N–H and O–H groups in total. The fourth-order valence-electron chi connectivity index (χ4n) is 2.55. The molecule has 1 aromatic heterocycles. The fraction of sp³-hybridized carbons (Fsp3) is 0.143. The SMILES string of the molecule is CCNC(=O)COc1ccc(NC(=O)c2cccc(-n3cccc3)c2)cc1. The summed E-state index contributed by atoms with van der Waals surface area (Å²) >= 11 is 0. The summed E-state index contributed by atoms with van der Waals surface area (Å²) in [5.74, 6) is 0.200. The summed E-state index contributed by atoms with van der Waals surface area (Å²) in [5, 5.41) is 5.52. The van der Waals surface area contributed by atoms with E-state index in [0.29, 0.717) is 23.5 Å². The summed E-state index contributed by atoms with van der Waals surface area (Å²) in [6.07, 6.45) is 3.85. The highest BCUT2D eigenvalue weighted by atomic mass is 16.5. The fourth-order valence-corrected chi connectivity index (χ4v) is 2.55. The normalized spacial score (nSPS) is 10.3. The van der Waals surface area contributed by atoms with E-state index in [1.54, 1.807) is 30.3 Å². The van der Waals surface area contributed by atoms with Gasteiger partial charge in [-0.25, -0.2) is 0 Å². The van der Waals surface area contributed by atoms with Crippen LogP contribution in [0, 0.1) is 0 Å². The second kappa shape index (κ2) is 8.71. The van der Waals surface area contributed by atoms with E-state index in [1.165, 1.54) is 0 Å². The lowest BCUT2D eigenvalue weighted by Gasteiger charge is -2.09. The van der Waals surface area contributed by atoms with Gasteiger partial charge in [-0.2, -0.15) is 0 Å². The molecule has 3 aromatic rings. The molecule has 0 aliphatic carbocycles. The molecule has 138 valence electrons. The molecule has 0 radical (unpaired) electrons. The molecule has 1 heterocycles. The quantitative estimate of drug-likeness (QED) is 0.677. The molecule has 2 aromatic carbocycles. The Morgan fingerprint density at radius 3 is 2.44 bits per heavy atom. The maximum atomic E-state index is 12.5. The number of likely N-dealkylation sites (N-methyl/N-ethyl adjacent to an activating group) is 1. The molecule has 0 aliphatic rings. The number of hydrogen-bond donors (Lipinski definition) is 2. The van der Waals surface area contributed by atoms with Crippen molar-refractivity contribution in [3.8, 4) is 11.4 Å². The lowest BCUT2D eigenvalue weighted by atomic mass is 10.2. The third-order valence-electron chi connectivity index (χ3n) is 3.87. The number of benzene rings is 2. The minimum atomic E-state index is -0.194. The van der Waals surface area contributed by atoms with Crippen molar-refractivity contribution in [2.24, 2.45) is 0 Å². The first kappa shape index (κ1) is 18.3. The third kappa shape index (κ3) is 4.98. The van der Waals surface area contributed by atoms with Gasteiger partial charge in [0.25, 0.3) is 11.8 Å². The number of carbonyl (C=O) groups is 2. The molecular formula is C21H21N3O3. The van der Waals surface area contributed by atoms with Crippen LogP contribution in [0.1, 0.15) is 17.3 Å². The number of ether oxygens (including phenoxy) is 1. The van der Waals surface area contributed by atoms with Gasteiger partial charge in [0.2, 0.25) is 0 Å². The standard InChI is InChI=1S/C21H21N3O3/c1-2-22-20(25)15-27-19-10-8-17(9-11-19)23-21(26)16-6-5-7-18(14-16)24-12-3-4-13-24/h3-14H,2,15H2,1H3,(H,22,25)(H,23,26). The number of anilines is 1. The van der Waals surface area contributed by atoms with Crippen LogP contribution in [-0.2, 0) is 4.79 Å². The molecule has 6 heteroatoms. The van der Waals surface area contributed by atoms with Gasteiger partial charge >= 0.3 is 0 Å². The Morgan fingerprint density at radius 1 is 1.00 bits per heavy atom. The van der Waals surface area contributed by atoms with E-state index in [1.807, 2.05) is 54.2 Å². The van der Waals surface area contributed by atoms with E-state index in [-0.39, 0.29) is 18.4 Å². The van der Waals surface area contributed by atoms with E-state index in [0.717, 1.165) is 5.69 Å². The number of aromatic nitrogens is 1. The summed E-state index contributed by atoms with van der Waals surface area (Å²) in [6, 6.07) is 18.2. The Labute approximate surface area is 157 Å². The highest BCUT2D eigenvalue weighted by Crippen LogP contribution is 2.17. The maximum Gasteiger partial charge on any atom is 0.257 e. The van der Waals surface area contributed by atoms with Crippen molar-refractivity contribution < 1.29 is 14.3 Å². The van der Waals surface area contributed by atoms with Gasteiger partial charge in [0.15, 0.2) is 6.61 Å². The smallest absolute Gasteiger partial charge is 0.257 e. The number of nitrogens with one attached hydrogen (secondary N) is 2. The Balaban J connectivity index is 1.61. The molecule has 0 fully saturated rings. The summed E-state index contributed by atoms with van der Waals surface area (Å²) in [5.41, 5.74) is 2.14. The van der Waals surface area contributed by atoms with Crippen LogP contribution in [0.5, 0.6) is 5.75 Å². The van der Waals surface area contributed by atoms with Crippen molar-refractivity contribution in [1.82, 2.24) is 9.88 Å². The Hall–Kier alpha value is -3.54. The molecule has 3 rings (SSSR count). The number of rotatable bonds is 7. The van der Waals surface area contributed by atoms with Crippen molar-refractivity contribution in [2.45, 2.75) is 6.92 Å². The highest BCUT2D eigenvalue weighted by Gasteiger charge is 2.08. The molecule has 27 heavy (non-hydrogen) atoms. The molecule has 0 bridgehead atoms. The van der Waals surface area contributed by atoms with Crippen LogP contribution in [0.2, 0.25) is 0 Å². The summed E-state index contributed by atoms with van der Waals surface area (Å²) in [6.45, 7) is 2.38. The number of amides is 2. The zero-order chi connectivity index (χ0) is 19.1. The minimum absolute atomic E-state index is 0.0360. The monoisotopic (exact) mass is 363 g/mol. The maximum absolute atomic E-state index is 12.5. The zero-order valence-electron chi connectivity index (χ0n) is 15.0. The molecule has 2 amide bonds. The molecular weight excluding hydrogens is 342 g/mol. The van der Waals surface area contributed by atoms with Crippen molar-refractivity contribution in [1.29, 1.82) is 0 Å². The second-order valence-corrected chi connectivity index (χ2v) is 5.86. The van der Waals surface area contributed by atoms with Crippen LogP contribution in [0.4, 0.5) is 5.69 Å². The van der Waals surface area contributed by atoms with Gasteiger partial charge in [0.05, 0.1) is 0 Å². The van der Waals surface area contributed by atoms with Gasteiger partial charge < -0.3 is 19.9 Å². The Morgan fingerprint density at radius 2 is 1.74 bits per heavy atom. The van der Waals surface area contributed by atoms with Gasteiger partial charge in [-0.3, -0.25) is 9.59 Å². The van der Waals surface area contributed by atoms with E-state index in [9.17, 15) is 9.59 Å². The van der Waals surface area contributed by atoms with Gasteiger partial charge in [-0.05, 0) is 61.5 Å². The summed E-state index contributed by atoms with van der Waals surface area (Å²) < 4.78 is 7.34. The molecule has 0 spiro atoms. The average Bonchev–Trinajstić information content (AvgIpc) is 3.23. The molecule has 0 aliphatic heterocycles. The third-order valence-corrected chi connectivity index (χ3v) is 3.87. The number of nitrogens with zero attached hydrogens (tertiary/aromatic N) is 1. The van der Waals surface area contributed by atoms with Gasteiger partial charge in [-0.15, -0.1) is 0 Å². The topological polar surface area (TPSA) is 72.4 Å². The minimum Gasteiger partial charge on any atom is -0.484 e. The van der Waals surface area contributed by atoms with Crippen LogP contribution >= 0.6 is 0 Å². The highest BCUT2D eigenvalue weighted by molar-refractivity contribution is 6.04. The van der Waals surface area contributed by atoms with Gasteiger partial charge in [0, 0.05) is 35.9 Å². The van der Waals surface area contributed by atoms with E-state index in [2.05, 4.69) is 10.6 Å². The van der Waals surface area contributed by atoms with Gasteiger partial charge in [0.1, 0.15) is 5.75 Å². The van der Waals surface area contributed by atoms with Crippen LogP contribution in [-0.4, -0.2) is 29.5 Å². The van der Waals surface area contributed by atoms with Crippen molar-refractivity contribution >= 4 is 17.5 Å². The number of hydrogen-bond acceptors (Lipinski definition) is 3. The molecule has 0 atom stereocenters. The summed E-state index contributed by atoms with van der Waals surface area (Å²) in [4.78, 5) is 23.9. The first-order chi connectivity index (χ1) is 13.2. The Kier molecular flexibility index (Phi) is 5.89. The van der Waals surface area contributed by atoms with Crippen LogP contribution < -0.4 is 15.4 Å². The van der Waals surface area contributed by atoms with Crippen LogP contribution in [0.25, 0.3) is 5.69 Å². The van der Waals surface area contributed by atoms with E-state index < -0.39 is 0 Å². The first-order valence-electron chi connectivity index (χ1n) is 8.70. The lowest BCUT2D eigenvalue weighted by molar-refractivity contribution is -0.122. The predicted molar refractivity (Wildman–Crippen MR) is 104 cm³/mol.